The molecule has 1 N–H and O–H groups in total. The number of nitrogens with zero attached hydrogens (tertiary/aromatic N) is 2. The minimum atomic E-state index is -0.294. The summed E-state index contributed by atoms with van der Waals surface area (Å²) in [6, 6.07) is 13.4. The lowest BCUT2D eigenvalue weighted by Crippen LogP contribution is -2.31. The van der Waals surface area contributed by atoms with Crippen molar-refractivity contribution in [1.82, 2.24) is 10.3 Å². The van der Waals surface area contributed by atoms with Gasteiger partial charge in [-0.25, -0.2) is 0 Å². The second-order valence-electron chi connectivity index (χ2n) is 5.25. The van der Waals surface area contributed by atoms with E-state index in [-0.39, 0.29) is 11.8 Å². The molecule has 4 nitrogen and oxygen atoms in total. The highest BCUT2D eigenvalue weighted by molar-refractivity contribution is 6.04. The molecule has 2 heterocycles. The molecule has 1 aromatic heterocycles. The SMILES string of the molecule is CC(=O)C1=C(C)NC(c2ccccc2)=NC1c1ccncc1. The van der Waals surface area contributed by atoms with Gasteiger partial charge in [-0.05, 0) is 31.5 Å². The maximum atomic E-state index is 12.1. The van der Waals surface area contributed by atoms with Gasteiger partial charge in [0.15, 0.2) is 5.78 Å². The van der Waals surface area contributed by atoms with Crippen molar-refractivity contribution in [3.05, 3.63) is 77.3 Å². The van der Waals surface area contributed by atoms with Crippen LogP contribution >= 0.6 is 0 Å². The third-order valence-corrected chi connectivity index (χ3v) is 3.69. The number of hydrogen-bond acceptors (Lipinski definition) is 4. The number of allylic oxidation sites excluding steroid dienone is 1. The van der Waals surface area contributed by atoms with E-state index in [2.05, 4.69) is 10.3 Å². The van der Waals surface area contributed by atoms with Gasteiger partial charge >= 0.3 is 0 Å². The molecule has 0 spiro atoms. The number of aromatic nitrogens is 1. The number of pyridine rings is 1. The molecule has 0 bridgehead atoms. The lowest BCUT2D eigenvalue weighted by Gasteiger charge is -2.26. The first kappa shape index (κ1) is 14.2. The van der Waals surface area contributed by atoms with E-state index in [4.69, 9.17) is 4.99 Å². The summed E-state index contributed by atoms with van der Waals surface area (Å²) in [5.74, 6) is 0.813. The first-order valence-electron chi connectivity index (χ1n) is 7.18. The molecule has 0 fully saturated rings. The van der Waals surface area contributed by atoms with E-state index in [1.54, 1.807) is 19.3 Å². The fourth-order valence-electron chi connectivity index (χ4n) is 2.66. The normalized spacial score (nSPS) is 17.7. The van der Waals surface area contributed by atoms with E-state index in [9.17, 15) is 4.79 Å². The summed E-state index contributed by atoms with van der Waals surface area (Å²) in [6.45, 7) is 3.50. The molecule has 1 atom stereocenters. The predicted molar refractivity (Wildman–Crippen MR) is 86.5 cm³/mol. The highest BCUT2D eigenvalue weighted by atomic mass is 16.1. The van der Waals surface area contributed by atoms with Crippen LogP contribution in [-0.4, -0.2) is 16.6 Å². The summed E-state index contributed by atoms with van der Waals surface area (Å²) >= 11 is 0. The zero-order chi connectivity index (χ0) is 15.5. The van der Waals surface area contributed by atoms with E-state index in [0.717, 1.165) is 22.7 Å². The van der Waals surface area contributed by atoms with E-state index in [1.165, 1.54) is 0 Å². The Morgan fingerprint density at radius 3 is 2.41 bits per heavy atom. The van der Waals surface area contributed by atoms with Gasteiger partial charge in [0.05, 0.1) is 0 Å². The average Bonchev–Trinajstić information content (AvgIpc) is 2.55. The van der Waals surface area contributed by atoms with Crippen LogP contribution in [0.4, 0.5) is 0 Å². The largest absolute Gasteiger partial charge is 0.343 e. The van der Waals surface area contributed by atoms with Crippen molar-refractivity contribution in [2.45, 2.75) is 19.9 Å². The number of benzene rings is 1. The third kappa shape index (κ3) is 2.68. The fourth-order valence-corrected chi connectivity index (χ4v) is 2.66. The number of nitrogens with one attached hydrogen (secondary N) is 1. The smallest absolute Gasteiger partial charge is 0.160 e. The summed E-state index contributed by atoms with van der Waals surface area (Å²) in [6.07, 6.45) is 3.45. The van der Waals surface area contributed by atoms with Gasteiger partial charge in [-0.2, -0.15) is 0 Å². The summed E-state index contributed by atoms with van der Waals surface area (Å²) in [5.41, 5.74) is 3.52. The number of amidine groups is 1. The van der Waals surface area contributed by atoms with Gasteiger partial charge in [-0.15, -0.1) is 0 Å². The second-order valence-corrected chi connectivity index (χ2v) is 5.25. The lowest BCUT2D eigenvalue weighted by atomic mass is 9.93. The number of ketones is 1. The van der Waals surface area contributed by atoms with E-state index in [1.807, 2.05) is 49.4 Å². The minimum Gasteiger partial charge on any atom is -0.343 e. The third-order valence-electron chi connectivity index (χ3n) is 3.69. The van der Waals surface area contributed by atoms with Gasteiger partial charge in [0.2, 0.25) is 0 Å². The predicted octanol–water partition coefficient (Wildman–Crippen LogP) is 3.04. The monoisotopic (exact) mass is 291 g/mol. The quantitative estimate of drug-likeness (QED) is 0.945. The Bertz CT molecular complexity index is 748. The van der Waals surface area contributed by atoms with Crippen LogP contribution in [0.5, 0.6) is 0 Å². The van der Waals surface area contributed by atoms with Crippen molar-refractivity contribution in [1.29, 1.82) is 0 Å². The molecule has 1 aromatic carbocycles. The fraction of sp³-hybridized carbons (Fsp3) is 0.167. The number of carbonyl (C=O) groups excluding carboxylic acids is 1. The standard InChI is InChI=1S/C18H17N3O/c1-12-16(13(2)22)17(14-8-10-19-11-9-14)21-18(20-12)15-6-4-3-5-7-15/h3-11,17H,1-2H3,(H,20,21). The topological polar surface area (TPSA) is 54.4 Å². The molecular formula is C18H17N3O. The number of Topliss-reactive ketones (excluding diaryl/α,β-unsaturated/α-hetero) is 1. The first-order valence-corrected chi connectivity index (χ1v) is 7.18. The van der Waals surface area contributed by atoms with Gasteiger partial charge in [0.1, 0.15) is 11.9 Å². The molecule has 0 saturated heterocycles. The number of carbonyl (C=O) groups is 1. The Morgan fingerprint density at radius 2 is 1.77 bits per heavy atom. The minimum absolute atomic E-state index is 0.0303. The first-order chi connectivity index (χ1) is 10.7. The molecule has 1 aliphatic rings. The van der Waals surface area contributed by atoms with Crippen molar-refractivity contribution in [3.63, 3.8) is 0 Å². The van der Waals surface area contributed by atoms with Crippen molar-refractivity contribution < 1.29 is 4.79 Å². The molecule has 0 radical (unpaired) electrons. The van der Waals surface area contributed by atoms with Crippen LogP contribution < -0.4 is 5.32 Å². The Labute approximate surface area is 129 Å². The van der Waals surface area contributed by atoms with Crippen LogP contribution in [-0.2, 0) is 4.79 Å². The molecule has 22 heavy (non-hydrogen) atoms. The zero-order valence-electron chi connectivity index (χ0n) is 12.6. The molecule has 4 heteroatoms. The molecule has 3 rings (SSSR count). The number of aliphatic imine (C=N–C) groups is 1. The van der Waals surface area contributed by atoms with Crippen LogP contribution in [0.15, 0.2) is 71.1 Å². The Hall–Kier alpha value is -2.75. The Morgan fingerprint density at radius 1 is 1.09 bits per heavy atom. The highest BCUT2D eigenvalue weighted by Gasteiger charge is 2.27. The van der Waals surface area contributed by atoms with Gasteiger partial charge in [0, 0.05) is 29.2 Å². The molecule has 0 aliphatic carbocycles. The molecule has 2 aromatic rings. The van der Waals surface area contributed by atoms with E-state index >= 15 is 0 Å². The average molecular weight is 291 g/mol. The van der Waals surface area contributed by atoms with E-state index in [0.29, 0.717) is 5.57 Å². The maximum Gasteiger partial charge on any atom is 0.160 e. The van der Waals surface area contributed by atoms with Crippen LogP contribution in [0.1, 0.15) is 31.0 Å². The van der Waals surface area contributed by atoms with Crippen LogP contribution in [0.3, 0.4) is 0 Å². The lowest BCUT2D eigenvalue weighted by molar-refractivity contribution is -0.113. The highest BCUT2D eigenvalue weighted by Crippen LogP contribution is 2.31. The van der Waals surface area contributed by atoms with Crippen LogP contribution in [0.25, 0.3) is 0 Å². The van der Waals surface area contributed by atoms with Crippen LogP contribution in [0, 0.1) is 0 Å². The Balaban J connectivity index is 2.09. The molecular weight excluding hydrogens is 274 g/mol. The summed E-state index contributed by atoms with van der Waals surface area (Å²) in [4.78, 5) is 20.9. The van der Waals surface area contributed by atoms with Crippen molar-refractivity contribution in [2.24, 2.45) is 4.99 Å². The van der Waals surface area contributed by atoms with E-state index < -0.39 is 0 Å². The van der Waals surface area contributed by atoms with Gasteiger partial charge in [0.25, 0.3) is 0 Å². The molecule has 0 saturated carbocycles. The number of hydrogen-bond donors (Lipinski definition) is 1. The molecule has 1 aliphatic heterocycles. The van der Waals surface area contributed by atoms with Gasteiger partial charge < -0.3 is 5.32 Å². The number of rotatable bonds is 3. The molecule has 0 amide bonds. The summed E-state index contributed by atoms with van der Waals surface area (Å²) < 4.78 is 0. The summed E-state index contributed by atoms with van der Waals surface area (Å²) in [7, 11) is 0. The molecule has 1 unspecified atom stereocenters. The van der Waals surface area contributed by atoms with Crippen molar-refractivity contribution in [3.8, 4) is 0 Å². The maximum absolute atomic E-state index is 12.1. The Kier molecular flexibility index (Phi) is 3.83. The summed E-state index contributed by atoms with van der Waals surface area (Å²) in [5, 5.41) is 3.26. The van der Waals surface area contributed by atoms with Gasteiger partial charge in [-0.3, -0.25) is 14.8 Å². The van der Waals surface area contributed by atoms with Crippen molar-refractivity contribution >= 4 is 11.6 Å². The molecule has 110 valence electrons. The second kappa shape index (κ2) is 5.93. The van der Waals surface area contributed by atoms with Gasteiger partial charge in [-0.1, -0.05) is 30.3 Å². The zero-order valence-corrected chi connectivity index (χ0v) is 12.6. The van der Waals surface area contributed by atoms with Crippen molar-refractivity contribution in [2.75, 3.05) is 0 Å². The van der Waals surface area contributed by atoms with Crippen LogP contribution in [0.2, 0.25) is 0 Å².